The second kappa shape index (κ2) is 21.0. The molecule has 2 saturated heterocycles. The Morgan fingerprint density at radius 3 is 2.25 bits per heavy atom. The minimum Gasteiger partial charge on any atom is -0.456 e. The number of rotatable bonds is 7. The highest BCUT2D eigenvalue weighted by molar-refractivity contribution is 6.39. The number of fused-ring (bicyclic) bond motifs is 3. The number of carbonyl (C=O) groups excluding carboxylic acids is 4. The Morgan fingerprint density at radius 1 is 0.930 bits per heavy atom. The summed E-state index contributed by atoms with van der Waals surface area (Å²) in [6.07, 6.45) is 4.93. The number of hydrogen-bond acceptors (Lipinski definition) is 12. The van der Waals surface area contributed by atoms with Crippen molar-refractivity contribution in [2.75, 3.05) is 27.9 Å². The van der Waals surface area contributed by atoms with Gasteiger partial charge in [0, 0.05) is 52.0 Å². The molecule has 3 fully saturated rings. The van der Waals surface area contributed by atoms with Crippen LogP contribution in [-0.2, 0) is 42.9 Å². The molecule has 3 N–H and O–H groups in total. The van der Waals surface area contributed by atoms with Crippen molar-refractivity contribution in [2.45, 2.75) is 160 Å². The second-order valence-electron chi connectivity index (χ2n) is 17.3. The molecule has 57 heavy (non-hydrogen) atoms. The van der Waals surface area contributed by atoms with Crippen LogP contribution < -0.4 is 0 Å². The zero-order valence-corrected chi connectivity index (χ0v) is 35.4. The number of carbonyl (C=O) groups is 4. The molecule has 2 bridgehead atoms. The fourth-order valence-electron chi connectivity index (χ4n) is 9.42. The first-order valence-corrected chi connectivity index (χ1v) is 20.9. The number of allylic oxidation sites excluding steroid dienone is 4. The van der Waals surface area contributed by atoms with Gasteiger partial charge in [-0.3, -0.25) is 14.4 Å². The van der Waals surface area contributed by atoms with Gasteiger partial charge in [-0.1, -0.05) is 44.6 Å². The standard InChI is InChI=1S/C44H69NO12/c1-10-13-31-19-25(2)18-26(3)20-37(54-8)40-38(55-9)22-28(5)44(52,57-40)41(49)42(50)45-17-12-11-14-32(45)43(51)56-39(29(6)34(47)24-35(31)48)27(4)21-30-15-16-33(46)36(23-30)53-7/h10,19,21,26,28-34,36-40,46-47,52H,1,11-18,20,22-24H2,2-9H3/b25-19?,27-21+/t26-,28-,29-,30+,31-,32+,33-,34-,36-,37+,38+,39-,40-,44+/m1/s1. The number of amides is 1. The topological polar surface area (TPSA) is 178 Å². The highest BCUT2D eigenvalue weighted by Crippen LogP contribution is 2.39. The van der Waals surface area contributed by atoms with Crippen LogP contribution in [-0.4, -0.2) is 126 Å². The maximum atomic E-state index is 14.3. The molecule has 0 aromatic carbocycles. The zero-order valence-electron chi connectivity index (χ0n) is 35.4. The lowest BCUT2D eigenvalue weighted by molar-refractivity contribution is -0.302. The number of piperidine rings is 1. The molecule has 3 aliphatic heterocycles. The van der Waals surface area contributed by atoms with Gasteiger partial charge in [-0.2, -0.15) is 0 Å². The van der Waals surface area contributed by atoms with Gasteiger partial charge in [-0.25, -0.2) is 4.79 Å². The van der Waals surface area contributed by atoms with Gasteiger partial charge >= 0.3 is 5.97 Å². The number of ether oxygens (including phenoxy) is 5. The van der Waals surface area contributed by atoms with Gasteiger partial charge in [-0.15, -0.1) is 6.58 Å². The second-order valence-corrected chi connectivity index (χ2v) is 17.3. The first kappa shape index (κ1) is 46.9. The van der Waals surface area contributed by atoms with Crippen LogP contribution in [0.4, 0.5) is 0 Å². The Kier molecular flexibility index (Phi) is 17.2. The largest absolute Gasteiger partial charge is 0.456 e. The van der Waals surface area contributed by atoms with Crippen molar-refractivity contribution in [2.24, 2.45) is 29.6 Å². The lowest BCUT2D eigenvalue weighted by atomic mass is 9.81. The van der Waals surface area contributed by atoms with Gasteiger partial charge in [0.15, 0.2) is 0 Å². The van der Waals surface area contributed by atoms with Crippen LogP contribution in [0.3, 0.4) is 0 Å². The molecule has 0 radical (unpaired) electrons. The number of aliphatic hydroxyl groups excluding tert-OH is 2. The smallest absolute Gasteiger partial charge is 0.329 e. The minimum absolute atomic E-state index is 0.00988. The predicted molar refractivity (Wildman–Crippen MR) is 213 cm³/mol. The molecule has 0 aromatic heterocycles. The highest BCUT2D eigenvalue weighted by atomic mass is 16.7. The van der Waals surface area contributed by atoms with E-state index in [2.05, 4.69) is 6.58 Å². The molecular formula is C44H69NO12. The Bertz CT molecular complexity index is 1480. The van der Waals surface area contributed by atoms with Crippen LogP contribution in [0.15, 0.2) is 36.0 Å². The first-order valence-electron chi connectivity index (χ1n) is 20.9. The van der Waals surface area contributed by atoms with Gasteiger partial charge in [-0.05, 0) is 95.5 Å². The summed E-state index contributed by atoms with van der Waals surface area (Å²) in [4.78, 5) is 57.8. The van der Waals surface area contributed by atoms with Gasteiger partial charge in [0.2, 0.25) is 5.79 Å². The van der Waals surface area contributed by atoms with Gasteiger partial charge in [0.1, 0.15) is 24.0 Å². The molecule has 1 amide bonds. The van der Waals surface area contributed by atoms with E-state index in [0.717, 1.165) is 5.57 Å². The Balaban J connectivity index is 1.78. The summed E-state index contributed by atoms with van der Waals surface area (Å²) in [5, 5.41) is 34.1. The maximum Gasteiger partial charge on any atom is 0.329 e. The SMILES string of the molecule is C=CC[C@@H]1C=C(C)C[C@@H](C)C[C@H](OC)[C@H]2O[C@](O)(C(=O)C(=O)N3CCCC[C@H]3C(=O)O[C@H](/C(C)=C/[C@@H]3CC[C@@H](O)[C@H](OC)C3)[C@H](C)[C@H](O)CC1=O)[C@H](C)C[C@@H]2OC. The first-order chi connectivity index (χ1) is 27.0. The van der Waals surface area contributed by atoms with E-state index in [1.165, 1.54) is 19.1 Å². The lowest BCUT2D eigenvalue weighted by Gasteiger charge is -2.47. The summed E-state index contributed by atoms with van der Waals surface area (Å²) < 4.78 is 29.7. The molecule has 13 heteroatoms. The molecule has 3 heterocycles. The Morgan fingerprint density at radius 2 is 1.60 bits per heavy atom. The number of nitrogens with zero attached hydrogens (tertiary/aromatic N) is 1. The normalized spacial score (nSPS) is 40.1. The van der Waals surface area contributed by atoms with Crippen molar-refractivity contribution < 1.29 is 58.2 Å². The Hall–Kier alpha value is -2.78. The van der Waals surface area contributed by atoms with Crippen LogP contribution >= 0.6 is 0 Å². The Labute approximate surface area is 339 Å². The minimum atomic E-state index is -2.51. The van der Waals surface area contributed by atoms with E-state index in [-0.39, 0.29) is 49.5 Å². The van der Waals surface area contributed by atoms with E-state index >= 15 is 0 Å². The molecular weight excluding hydrogens is 734 g/mol. The van der Waals surface area contributed by atoms with Crippen molar-refractivity contribution in [3.05, 3.63) is 36.0 Å². The molecule has 4 rings (SSSR count). The van der Waals surface area contributed by atoms with E-state index < -0.39 is 83.9 Å². The molecule has 4 aliphatic rings. The quantitative estimate of drug-likeness (QED) is 0.185. The fourth-order valence-corrected chi connectivity index (χ4v) is 9.42. The van der Waals surface area contributed by atoms with Crippen molar-refractivity contribution in [3.63, 3.8) is 0 Å². The highest BCUT2D eigenvalue weighted by Gasteiger charge is 2.56. The van der Waals surface area contributed by atoms with Gasteiger partial charge in [0.05, 0.1) is 30.5 Å². The third-order valence-corrected chi connectivity index (χ3v) is 12.9. The van der Waals surface area contributed by atoms with E-state index in [9.17, 15) is 34.5 Å². The van der Waals surface area contributed by atoms with Crippen molar-refractivity contribution >= 4 is 23.4 Å². The number of Topliss-reactive ketones (excluding diaryl/α,β-unsaturated/α-hetero) is 2. The average molecular weight is 804 g/mol. The summed E-state index contributed by atoms with van der Waals surface area (Å²) in [7, 11) is 4.61. The molecule has 0 spiro atoms. The molecule has 14 atom stereocenters. The van der Waals surface area contributed by atoms with E-state index in [0.29, 0.717) is 56.9 Å². The molecule has 0 aromatic rings. The number of esters is 1. The molecule has 1 aliphatic carbocycles. The van der Waals surface area contributed by atoms with Crippen LogP contribution in [0.1, 0.15) is 105 Å². The van der Waals surface area contributed by atoms with Crippen LogP contribution in [0.25, 0.3) is 0 Å². The molecule has 0 unspecified atom stereocenters. The molecule has 13 nitrogen and oxygen atoms in total. The van der Waals surface area contributed by atoms with E-state index in [1.54, 1.807) is 27.0 Å². The summed E-state index contributed by atoms with van der Waals surface area (Å²) in [6, 6.07) is -1.14. The average Bonchev–Trinajstić information content (AvgIpc) is 3.18. The monoisotopic (exact) mass is 803 g/mol. The molecule has 322 valence electrons. The summed E-state index contributed by atoms with van der Waals surface area (Å²) >= 11 is 0. The van der Waals surface area contributed by atoms with Crippen LogP contribution in [0.5, 0.6) is 0 Å². The number of hydrogen-bond donors (Lipinski definition) is 3. The maximum absolute atomic E-state index is 14.3. The zero-order chi connectivity index (χ0) is 42.2. The van der Waals surface area contributed by atoms with Crippen molar-refractivity contribution in [3.8, 4) is 0 Å². The van der Waals surface area contributed by atoms with Gasteiger partial charge in [0.25, 0.3) is 11.7 Å². The summed E-state index contributed by atoms with van der Waals surface area (Å²) in [6.45, 7) is 13.1. The predicted octanol–water partition coefficient (Wildman–Crippen LogP) is 4.64. The number of ketones is 2. The molecule has 1 saturated carbocycles. The third kappa shape index (κ3) is 11.3. The number of methoxy groups -OCH3 is 3. The summed E-state index contributed by atoms with van der Waals surface area (Å²) in [5.41, 5.74) is 1.61. The fraction of sp³-hybridized carbons (Fsp3) is 0.773. The van der Waals surface area contributed by atoms with Crippen LogP contribution in [0, 0.1) is 29.6 Å². The van der Waals surface area contributed by atoms with Crippen molar-refractivity contribution in [1.82, 2.24) is 4.90 Å². The van der Waals surface area contributed by atoms with E-state index in [4.69, 9.17) is 23.7 Å². The third-order valence-electron chi connectivity index (χ3n) is 12.9. The lowest BCUT2D eigenvalue weighted by Crippen LogP contribution is -2.64. The number of aliphatic hydroxyl groups is 3. The van der Waals surface area contributed by atoms with Crippen molar-refractivity contribution in [1.29, 1.82) is 0 Å². The number of cyclic esters (lactones) is 1. The van der Waals surface area contributed by atoms with E-state index in [1.807, 2.05) is 32.9 Å². The van der Waals surface area contributed by atoms with Crippen LogP contribution in [0.2, 0.25) is 0 Å². The summed E-state index contributed by atoms with van der Waals surface area (Å²) in [5.74, 6) is -7.76. The van der Waals surface area contributed by atoms with Gasteiger partial charge < -0.3 is 43.9 Å².